The van der Waals surface area contributed by atoms with E-state index in [2.05, 4.69) is 10.3 Å². The molecule has 0 aromatic carbocycles. The number of allylic oxidation sites excluding steroid dienone is 1. The van der Waals surface area contributed by atoms with Gasteiger partial charge in [-0.15, -0.1) is 0 Å². The molecule has 1 aromatic rings. The van der Waals surface area contributed by atoms with Crippen LogP contribution in [0.25, 0.3) is 0 Å². The van der Waals surface area contributed by atoms with E-state index < -0.39 is 0 Å². The summed E-state index contributed by atoms with van der Waals surface area (Å²) < 4.78 is 18.6. The number of hydrogen-bond acceptors (Lipinski definition) is 3. The second kappa shape index (κ2) is 7.01. The molecule has 4 heteroatoms. The third-order valence-electron chi connectivity index (χ3n) is 2.14. The van der Waals surface area contributed by atoms with Gasteiger partial charge in [0.15, 0.2) is 0 Å². The molecule has 17 heavy (non-hydrogen) atoms. The minimum atomic E-state index is -0.344. The summed E-state index contributed by atoms with van der Waals surface area (Å²) in [5.74, 6) is 0.140. The van der Waals surface area contributed by atoms with Gasteiger partial charge in [-0.2, -0.15) is 0 Å². The van der Waals surface area contributed by atoms with E-state index in [4.69, 9.17) is 4.74 Å². The van der Waals surface area contributed by atoms with Crippen LogP contribution in [-0.4, -0.2) is 17.6 Å². The summed E-state index contributed by atoms with van der Waals surface area (Å²) in [7, 11) is 0. The minimum absolute atomic E-state index is 0.335. The van der Waals surface area contributed by atoms with Crippen LogP contribution in [0.1, 0.15) is 26.3 Å². The summed E-state index contributed by atoms with van der Waals surface area (Å²) in [4.78, 5) is 3.96. The Morgan fingerprint density at radius 1 is 1.53 bits per heavy atom. The standard InChI is InChI=1S/C13H19FN2O/c1-4-5-6-17-13-11(8-15-10(2)3)7-12(14)9-16-13/h4-5,7,9-10,15H,6,8H2,1-3H3/b5-4+. The van der Waals surface area contributed by atoms with Gasteiger partial charge in [-0.25, -0.2) is 9.37 Å². The van der Waals surface area contributed by atoms with Crippen LogP contribution < -0.4 is 10.1 Å². The van der Waals surface area contributed by atoms with Crippen molar-refractivity contribution in [3.8, 4) is 5.88 Å². The number of pyridine rings is 1. The minimum Gasteiger partial charge on any atom is -0.473 e. The van der Waals surface area contributed by atoms with E-state index >= 15 is 0 Å². The van der Waals surface area contributed by atoms with Crippen molar-refractivity contribution < 1.29 is 9.13 Å². The Morgan fingerprint density at radius 2 is 2.29 bits per heavy atom. The smallest absolute Gasteiger partial charge is 0.218 e. The lowest BCUT2D eigenvalue weighted by Crippen LogP contribution is -2.22. The normalized spacial score (nSPS) is 11.4. The molecule has 0 aliphatic carbocycles. The summed E-state index contributed by atoms with van der Waals surface area (Å²) in [5, 5.41) is 3.22. The van der Waals surface area contributed by atoms with E-state index in [-0.39, 0.29) is 5.82 Å². The van der Waals surface area contributed by atoms with E-state index in [1.54, 1.807) is 0 Å². The van der Waals surface area contributed by atoms with E-state index in [0.717, 1.165) is 5.56 Å². The van der Waals surface area contributed by atoms with Crippen molar-refractivity contribution in [1.29, 1.82) is 0 Å². The Bertz CT molecular complexity index is 378. The molecule has 0 fully saturated rings. The Labute approximate surface area is 102 Å². The molecule has 1 rings (SSSR count). The van der Waals surface area contributed by atoms with Crippen LogP contribution >= 0.6 is 0 Å². The zero-order chi connectivity index (χ0) is 12.7. The van der Waals surface area contributed by atoms with Crippen molar-refractivity contribution in [1.82, 2.24) is 10.3 Å². The highest BCUT2D eigenvalue weighted by Gasteiger charge is 2.07. The first-order chi connectivity index (χ1) is 8.13. The molecule has 0 unspecified atom stereocenters. The first-order valence-electron chi connectivity index (χ1n) is 5.75. The number of ether oxygens (including phenoxy) is 1. The lowest BCUT2D eigenvalue weighted by molar-refractivity contribution is 0.340. The molecule has 0 saturated heterocycles. The summed E-state index contributed by atoms with van der Waals surface area (Å²) in [6, 6.07) is 1.79. The molecule has 0 spiro atoms. The van der Waals surface area contributed by atoms with Crippen molar-refractivity contribution in [3.63, 3.8) is 0 Å². The zero-order valence-corrected chi connectivity index (χ0v) is 10.5. The van der Waals surface area contributed by atoms with Gasteiger partial charge < -0.3 is 10.1 Å². The molecule has 3 nitrogen and oxygen atoms in total. The monoisotopic (exact) mass is 238 g/mol. The van der Waals surface area contributed by atoms with Crippen LogP contribution in [0, 0.1) is 5.82 Å². The lowest BCUT2D eigenvalue weighted by Gasteiger charge is -2.12. The lowest BCUT2D eigenvalue weighted by atomic mass is 10.2. The van der Waals surface area contributed by atoms with E-state index in [9.17, 15) is 4.39 Å². The molecule has 0 radical (unpaired) electrons. The molecule has 0 saturated carbocycles. The highest BCUT2D eigenvalue weighted by Crippen LogP contribution is 2.16. The third kappa shape index (κ3) is 4.95. The Hall–Kier alpha value is -1.42. The summed E-state index contributed by atoms with van der Waals surface area (Å²) in [5.41, 5.74) is 0.739. The molecular formula is C13H19FN2O. The molecular weight excluding hydrogens is 219 g/mol. The highest BCUT2D eigenvalue weighted by molar-refractivity contribution is 5.26. The summed E-state index contributed by atoms with van der Waals surface area (Å²) >= 11 is 0. The molecule has 0 bridgehead atoms. The number of nitrogens with one attached hydrogen (secondary N) is 1. The van der Waals surface area contributed by atoms with Gasteiger partial charge in [0.2, 0.25) is 5.88 Å². The Balaban J connectivity index is 2.72. The number of nitrogens with zero attached hydrogens (tertiary/aromatic N) is 1. The predicted octanol–water partition coefficient (Wildman–Crippen LogP) is 2.67. The van der Waals surface area contributed by atoms with Gasteiger partial charge in [0, 0.05) is 18.2 Å². The van der Waals surface area contributed by atoms with Crippen LogP contribution in [0.15, 0.2) is 24.4 Å². The molecule has 0 aliphatic heterocycles. The second-order valence-corrected chi connectivity index (χ2v) is 4.03. The summed E-state index contributed by atoms with van der Waals surface area (Å²) in [6.07, 6.45) is 4.95. The molecule has 1 N–H and O–H groups in total. The third-order valence-corrected chi connectivity index (χ3v) is 2.14. The van der Waals surface area contributed by atoms with Crippen molar-refractivity contribution in [2.24, 2.45) is 0 Å². The summed E-state index contributed by atoms with van der Waals surface area (Å²) in [6.45, 7) is 6.99. The maximum atomic E-state index is 13.1. The van der Waals surface area contributed by atoms with E-state index in [1.165, 1.54) is 12.3 Å². The van der Waals surface area contributed by atoms with E-state index in [0.29, 0.717) is 25.1 Å². The van der Waals surface area contributed by atoms with Crippen LogP contribution in [0.3, 0.4) is 0 Å². The van der Waals surface area contributed by atoms with Crippen molar-refractivity contribution in [2.45, 2.75) is 33.4 Å². The van der Waals surface area contributed by atoms with Gasteiger partial charge in [0.25, 0.3) is 0 Å². The molecule has 1 aromatic heterocycles. The SMILES string of the molecule is C/C=C/COc1ncc(F)cc1CNC(C)C. The quantitative estimate of drug-likeness (QED) is 0.774. The zero-order valence-electron chi connectivity index (χ0n) is 10.5. The average Bonchev–Trinajstić information content (AvgIpc) is 2.29. The fourth-order valence-electron chi connectivity index (χ4n) is 1.26. The average molecular weight is 238 g/mol. The number of halogens is 1. The molecule has 0 amide bonds. The van der Waals surface area contributed by atoms with Gasteiger partial charge in [-0.05, 0) is 13.0 Å². The van der Waals surface area contributed by atoms with Crippen molar-refractivity contribution in [2.75, 3.05) is 6.61 Å². The van der Waals surface area contributed by atoms with Crippen LogP contribution in [0.5, 0.6) is 5.88 Å². The first-order valence-corrected chi connectivity index (χ1v) is 5.75. The topological polar surface area (TPSA) is 34.1 Å². The highest BCUT2D eigenvalue weighted by atomic mass is 19.1. The first kappa shape index (κ1) is 13.6. The van der Waals surface area contributed by atoms with Crippen molar-refractivity contribution >= 4 is 0 Å². The van der Waals surface area contributed by atoms with Gasteiger partial charge in [0.05, 0.1) is 6.20 Å². The van der Waals surface area contributed by atoms with Crippen LogP contribution in [0.4, 0.5) is 4.39 Å². The molecule has 1 heterocycles. The maximum absolute atomic E-state index is 13.1. The van der Waals surface area contributed by atoms with Gasteiger partial charge in [-0.3, -0.25) is 0 Å². The molecule has 94 valence electrons. The van der Waals surface area contributed by atoms with Crippen LogP contribution in [-0.2, 0) is 6.54 Å². The van der Waals surface area contributed by atoms with Crippen LogP contribution in [0.2, 0.25) is 0 Å². The maximum Gasteiger partial charge on any atom is 0.218 e. The van der Waals surface area contributed by atoms with Crippen molar-refractivity contribution in [3.05, 3.63) is 35.8 Å². The fourth-order valence-corrected chi connectivity index (χ4v) is 1.26. The Morgan fingerprint density at radius 3 is 2.94 bits per heavy atom. The molecule has 0 atom stereocenters. The van der Waals surface area contributed by atoms with Gasteiger partial charge in [-0.1, -0.05) is 26.0 Å². The van der Waals surface area contributed by atoms with Gasteiger partial charge >= 0.3 is 0 Å². The number of rotatable bonds is 6. The largest absolute Gasteiger partial charge is 0.473 e. The van der Waals surface area contributed by atoms with Gasteiger partial charge in [0.1, 0.15) is 12.4 Å². The Kier molecular flexibility index (Phi) is 5.63. The molecule has 0 aliphatic rings. The second-order valence-electron chi connectivity index (χ2n) is 4.03. The predicted molar refractivity (Wildman–Crippen MR) is 66.5 cm³/mol. The fraction of sp³-hybridized carbons (Fsp3) is 0.462. The number of hydrogen-bond donors (Lipinski definition) is 1. The van der Waals surface area contributed by atoms with E-state index in [1.807, 2.05) is 32.9 Å². The number of aromatic nitrogens is 1.